The lowest BCUT2D eigenvalue weighted by molar-refractivity contribution is -0.127. The summed E-state index contributed by atoms with van der Waals surface area (Å²) in [5, 5.41) is 3.39. The molecule has 2 unspecified atom stereocenters. The Hall–Kier alpha value is -3.55. The predicted octanol–water partition coefficient (Wildman–Crippen LogP) is 7.79. The molecule has 2 heterocycles. The minimum absolute atomic E-state index is 0.0276. The summed E-state index contributed by atoms with van der Waals surface area (Å²) in [4.78, 5) is 19.0. The van der Waals surface area contributed by atoms with E-state index < -0.39 is 12.1 Å². The number of halogens is 1. The van der Waals surface area contributed by atoms with Gasteiger partial charge in [0.05, 0.1) is 11.0 Å². The Balaban J connectivity index is 1.32. The van der Waals surface area contributed by atoms with Crippen LogP contribution in [-0.2, 0) is 19.0 Å². The van der Waals surface area contributed by atoms with E-state index in [1.165, 1.54) is 31.2 Å². The Kier molecular flexibility index (Phi) is 8.44. The maximum atomic E-state index is 14.4. The molecule has 7 nitrogen and oxygen atoms in total. The first-order valence-electron chi connectivity index (χ1n) is 15.3. The van der Waals surface area contributed by atoms with Crippen LogP contribution in [0.1, 0.15) is 102 Å². The van der Waals surface area contributed by atoms with E-state index in [0.717, 1.165) is 75.3 Å². The topological polar surface area (TPSA) is 74.6 Å². The number of amides is 1. The molecule has 41 heavy (non-hydrogen) atoms. The first kappa shape index (κ1) is 27.6. The fourth-order valence-corrected chi connectivity index (χ4v) is 6.73. The number of benzene rings is 1. The monoisotopic (exact) mass is 561 g/mol. The van der Waals surface area contributed by atoms with Crippen molar-refractivity contribution in [2.75, 3.05) is 0 Å². The number of hydrogen-bond acceptors (Lipinski definition) is 5. The Bertz CT molecular complexity index is 1380. The summed E-state index contributed by atoms with van der Waals surface area (Å²) < 4.78 is 34.3. The quantitative estimate of drug-likeness (QED) is 0.356. The third-order valence-electron chi connectivity index (χ3n) is 8.81. The normalized spacial score (nSPS) is 21.7. The van der Waals surface area contributed by atoms with E-state index in [4.69, 9.17) is 19.2 Å². The fourth-order valence-electron chi connectivity index (χ4n) is 6.73. The van der Waals surface area contributed by atoms with Gasteiger partial charge < -0.3 is 24.1 Å². The lowest BCUT2D eigenvalue weighted by atomic mass is 9.82. The van der Waals surface area contributed by atoms with Gasteiger partial charge in [0.2, 0.25) is 5.91 Å². The van der Waals surface area contributed by atoms with Crippen molar-refractivity contribution < 1.29 is 23.4 Å². The van der Waals surface area contributed by atoms with Crippen molar-refractivity contribution in [3.05, 3.63) is 77.9 Å². The molecule has 0 radical (unpaired) electrons. The van der Waals surface area contributed by atoms with E-state index in [0.29, 0.717) is 17.1 Å². The summed E-state index contributed by atoms with van der Waals surface area (Å²) in [6, 6.07) is 4.35. The van der Waals surface area contributed by atoms with E-state index in [9.17, 15) is 9.18 Å². The van der Waals surface area contributed by atoms with Gasteiger partial charge in [-0.05, 0) is 69.1 Å². The van der Waals surface area contributed by atoms with E-state index in [2.05, 4.69) is 11.4 Å². The molecular weight excluding hydrogens is 521 g/mol. The van der Waals surface area contributed by atoms with Crippen molar-refractivity contribution in [3.8, 4) is 0 Å². The fraction of sp³-hybridized carbons (Fsp3) is 0.515. The molecule has 6 rings (SSSR count). The smallest absolute Gasteiger partial charge is 0.322 e. The number of nitrogens with zero attached hydrogens (tertiary/aromatic N) is 2. The van der Waals surface area contributed by atoms with Gasteiger partial charge >= 0.3 is 5.95 Å². The highest BCUT2D eigenvalue weighted by molar-refractivity contribution is 5.85. The molecule has 2 saturated carbocycles. The molecule has 2 atom stereocenters. The zero-order valence-corrected chi connectivity index (χ0v) is 23.8. The van der Waals surface area contributed by atoms with Crippen molar-refractivity contribution in [3.63, 3.8) is 0 Å². The van der Waals surface area contributed by atoms with E-state index in [1.807, 2.05) is 23.6 Å². The molecule has 2 fully saturated rings. The summed E-state index contributed by atoms with van der Waals surface area (Å²) in [5.41, 5.74) is 2.28. The third-order valence-corrected chi connectivity index (χ3v) is 8.81. The summed E-state index contributed by atoms with van der Waals surface area (Å²) in [5.74, 6) is 1.23. The molecule has 4 aliphatic rings. The molecule has 1 aromatic heterocycles. The van der Waals surface area contributed by atoms with Crippen LogP contribution in [0.25, 0.3) is 11.0 Å². The number of imidazole rings is 1. The predicted molar refractivity (Wildman–Crippen MR) is 155 cm³/mol. The van der Waals surface area contributed by atoms with Gasteiger partial charge in [-0.3, -0.25) is 4.79 Å². The lowest BCUT2D eigenvalue weighted by Crippen LogP contribution is -2.44. The number of fused-ring (bicyclic) bond motifs is 1. The van der Waals surface area contributed by atoms with Gasteiger partial charge in [-0.2, -0.15) is 0 Å². The van der Waals surface area contributed by atoms with E-state index >= 15 is 0 Å². The Morgan fingerprint density at radius 1 is 1.10 bits per heavy atom. The molecule has 3 aliphatic carbocycles. The van der Waals surface area contributed by atoms with Crippen LogP contribution in [0.15, 0.2) is 66.2 Å². The minimum Gasteiger partial charge on any atom is -0.461 e. The van der Waals surface area contributed by atoms with Gasteiger partial charge in [0, 0.05) is 12.1 Å². The van der Waals surface area contributed by atoms with Crippen LogP contribution in [0.3, 0.4) is 0 Å². The van der Waals surface area contributed by atoms with Crippen LogP contribution < -0.4 is 5.32 Å². The van der Waals surface area contributed by atoms with Crippen LogP contribution in [0.2, 0.25) is 0 Å². The SMILES string of the molecule is CC(OC1=COC=C(C2=CC=CCC2)O1)c1nc2cc(F)ccc2n1C(C(=O)NC1CCCCC1)C1CCCCC1. The molecule has 1 N–H and O–H groups in total. The maximum Gasteiger partial charge on any atom is 0.322 e. The zero-order valence-electron chi connectivity index (χ0n) is 23.8. The van der Waals surface area contributed by atoms with Crippen LogP contribution in [0.4, 0.5) is 4.39 Å². The number of nitrogens with one attached hydrogen (secondary N) is 1. The van der Waals surface area contributed by atoms with Crippen LogP contribution >= 0.6 is 0 Å². The summed E-state index contributed by atoms with van der Waals surface area (Å²) in [6.07, 6.45) is 21.2. The van der Waals surface area contributed by atoms with Crippen LogP contribution in [0, 0.1) is 11.7 Å². The van der Waals surface area contributed by atoms with Crippen molar-refractivity contribution in [1.82, 2.24) is 14.9 Å². The van der Waals surface area contributed by atoms with Crippen molar-refractivity contribution in [1.29, 1.82) is 0 Å². The first-order valence-corrected chi connectivity index (χ1v) is 15.3. The van der Waals surface area contributed by atoms with Gasteiger partial charge in [-0.25, -0.2) is 9.37 Å². The Morgan fingerprint density at radius 2 is 1.88 bits per heavy atom. The largest absolute Gasteiger partial charge is 0.461 e. The lowest BCUT2D eigenvalue weighted by Gasteiger charge is -2.34. The first-order chi connectivity index (χ1) is 20.1. The number of carbonyl (C=O) groups excluding carboxylic acids is 1. The van der Waals surface area contributed by atoms with Gasteiger partial charge in [-0.1, -0.05) is 56.8 Å². The molecule has 1 amide bonds. The number of ether oxygens (including phenoxy) is 3. The minimum atomic E-state index is -0.589. The molecular formula is C33H40FN3O4. The summed E-state index contributed by atoms with van der Waals surface area (Å²) >= 11 is 0. The van der Waals surface area contributed by atoms with Crippen LogP contribution in [-0.4, -0.2) is 21.5 Å². The highest BCUT2D eigenvalue weighted by atomic mass is 19.1. The molecule has 2 aromatic rings. The molecule has 218 valence electrons. The molecule has 1 aliphatic heterocycles. The number of rotatable bonds is 8. The molecule has 8 heteroatoms. The number of hydrogen-bond donors (Lipinski definition) is 1. The molecule has 0 saturated heterocycles. The van der Waals surface area contributed by atoms with E-state index in [-0.39, 0.29) is 29.6 Å². The van der Waals surface area contributed by atoms with Gasteiger partial charge in [0.1, 0.15) is 18.1 Å². The number of carbonyl (C=O) groups is 1. The second kappa shape index (κ2) is 12.5. The maximum absolute atomic E-state index is 14.4. The van der Waals surface area contributed by atoms with Crippen molar-refractivity contribution in [2.45, 2.75) is 102 Å². The highest BCUT2D eigenvalue weighted by Gasteiger charge is 2.36. The standard InChI is InChI=1S/C33H40FN3O4/c1-22(40-30-21-39-20-29(41-30)23-11-5-2-6-12-23)32-36-27-19-25(34)17-18-28(27)37(32)31(24-13-7-3-8-14-24)33(38)35-26-15-9-4-10-16-26/h2,5,11,17-22,24,26,31H,3-4,6-10,12-16H2,1H3,(H,35,38). The third kappa shape index (κ3) is 6.21. The Morgan fingerprint density at radius 3 is 2.63 bits per heavy atom. The Labute approximate surface area is 241 Å². The second-order valence-electron chi connectivity index (χ2n) is 11.7. The van der Waals surface area contributed by atoms with Gasteiger partial charge in [0.15, 0.2) is 23.9 Å². The number of allylic oxidation sites excluding steroid dienone is 4. The summed E-state index contributed by atoms with van der Waals surface area (Å²) in [7, 11) is 0. The van der Waals surface area contributed by atoms with Crippen LogP contribution in [0.5, 0.6) is 0 Å². The molecule has 1 aromatic carbocycles. The van der Waals surface area contributed by atoms with Crippen molar-refractivity contribution >= 4 is 16.9 Å². The van der Waals surface area contributed by atoms with Gasteiger partial charge in [-0.15, -0.1) is 0 Å². The van der Waals surface area contributed by atoms with Gasteiger partial charge in [0.25, 0.3) is 0 Å². The van der Waals surface area contributed by atoms with E-state index in [1.54, 1.807) is 12.3 Å². The zero-order chi connectivity index (χ0) is 28.2. The molecule has 0 spiro atoms. The summed E-state index contributed by atoms with van der Waals surface area (Å²) in [6.45, 7) is 1.88. The second-order valence-corrected chi connectivity index (χ2v) is 11.7. The average Bonchev–Trinajstić information content (AvgIpc) is 3.37. The molecule has 0 bridgehead atoms. The average molecular weight is 562 g/mol. The van der Waals surface area contributed by atoms with Crippen molar-refractivity contribution in [2.24, 2.45) is 5.92 Å². The number of aromatic nitrogens is 2. The highest BCUT2D eigenvalue weighted by Crippen LogP contribution is 2.39.